The van der Waals surface area contributed by atoms with Gasteiger partial charge in [-0.2, -0.15) is 0 Å². The highest BCUT2D eigenvalue weighted by atomic mass is 16.6. The number of anilines is 1. The highest BCUT2D eigenvalue weighted by Crippen LogP contribution is 2.33. The summed E-state index contributed by atoms with van der Waals surface area (Å²) >= 11 is 0. The molecule has 2 unspecified atom stereocenters. The van der Waals surface area contributed by atoms with E-state index in [-0.39, 0.29) is 5.92 Å². The molecule has 8 nitrogen and oxygen atoms in total. The van der Waals surface area contributed by atoms with Crippen molar-refractivity contribution < 1.29 is 23.9 Å². The van der Waals surface area contributed by atoms with E-state index in [4.69, 9.17) is 15.9 Å². The molecule has 0 aliphatic carbocycles. The largest absolute Gasteiger partial charge is 0.497 e. The van der Waals surface area contributed by atoms with Gasteiger partial charge in [0, 0.05) is 16.8 Å². The zero-order chi connectivity index (χ0) is 29.5. The van der Waals surface area contributed by atoms with E-state index in [1.807, 2.05) is 34.6 Å². The monoisotopic (exact) mass is 535 g/mol. The zero-order valence-corrected chi connectivity index (χ0v) is 24.4. The van der Waals surface area contributed by atoms with E-state index in [1.165, 1.54) is 4.90 Å². The molecule has 0 aliphatic heterocycles. The summed E-state index contributed by atoms with van der Waals surface area (Å²) in [5, 5.41) is 5.64. The van der Waals surface area contributed by atoms with Crippen molar-refractivity contribution >= 4 is 23.6 Å². The first-order valence-electron chi connectivity index (χ1n) is 12.9. The van der Waals surface area contributed by atoms with Gasteiger partial charge in [-0.3, -0.25) is 9.59 Å². The van der Waals surface area contributed by atoms with E-state index in [2.05, 4.69) is 16.6 Å². The van der Waals surface area contributed by atoms with Crippen LogP contribution in [0.5, 0.6) is 5.75 Å². The minimum absolute atomic E-state index is 0.303. The van der Waals surface area contributed by atoms with E-state index in [0.29, 0.717) is 22.6 Å². The Bertz CT molecular complexity index is 1200. The first kappa shape index (κ1) is 31.2. The molecule has 2 N–H and O–H groups in total. The first-order chi connectivity index (χ1) is 18.1. The number of hydrogen-bond acceptors (Lipinski definition) is 5. The topological polar surface area (TPSA) is 97.0 Å². The molecule has 0 aliphatic rings. The first-order valence-corrected chi connectivity index (χ1v) is 12.9. The van der Waals surface area contributed by atoms with Crippen molar-refractivity contribution in [1.29, 1.82) is 0 Å². The SMILES string of the molecule is C#Cc1ccccc1C(C(=O)Nc1ccc(OC)cc1)N(C(=O)C(NC(=O)OC(C)(C)C)C(C)C)C(C)(C)C. The van der Waals surface area contributed by atoms with Gasteiger partial charge in [0.05, 0.1) is 7.11 Å². The summed E-state index contributed by atoms with van der Waals surface area (Å²) in [4.78, 5) is 42.5. The Hall–Kier alpha value is -3.99. The van der Waals surface area contributed by atoms with Gasteiger partial charge in [0.2, 0.25) is 5.91 Å². The summed E-state index contributed by atoms with van der Waals surface area (Å²) in [7, 11) is 1.56. The Morgan fingerprint density at radius 3 is 2.03 bits per heavy atom. The number of carbonyl (C=O) groups excluding carboxylic acids is 3. The van der Waals surface area contributed by atoms with Crippen LogP contribution in [-0.2, 0) is 14.3 Å². The number of methoxy groups -OCH3 is 1. The molecule has 8 heteroatoms. The zero-order valence-electron chi connectivity index (χ0n) is 24.4. The molecule has 210 valence electrons. The third-order valence-corrected chi connectivity index (χ3v) is 5.84. The minimum Gasteiger partial charge on any atom is -0.497 e. The van der Waals surface area contributed by atoms with E-state index >= 15 is 0 Å². The quantitative estimate of drug-likeness (QED) is 0.433. The average Bonchev–Trinajstić information content (AvgIpc) is 2.83. The van der Waals surface area contributed by atoms with Crippen molar-refractivity contribution in [2.24, 2.45) is 5.92 Å². The average molecular weight is 536 g/mol. The number of hydrogen-bond donors (Lipinski definition) is 2. The van der Waals surface area contributed by atoms with Gasteiger partial charge in [-0.1, -0.05) is 38.0 Å². The third-order valence-electron chi connectivity index (χ3n) is 5.84. The van der Waals surface area contributed by atoms with Crippen LogP contribution in [-0.4, -0.2) is 47.1 Å². The van der Waals surface area contributed by atoms with E-state index in [9.17, 15) is 14.4 Å². The van der Waals surface area contributed by atoms with E-state index in [0.717, 1.165) is 0 Å². The van der Waals surface area contributed by atoms with Gasteiger partial charge in [0.15, 0.2) is 0 Å². The van der Waals surface area contributed by atoms with Crippen LogP contribution >= 0.6 is 0 Å². The van der Waals surface area contributed by atoms with Crippen LogP contribution in [0.1, 0.15) is 72.6 Å². The smallest absolute Gasteiger partial charge is 0.408 e. The number of nitrogens with one attached hydrogen (secondary N) is 2. The molecule has 2 atom stereocenters. The lowest BCUT2D eigenvalue weighted by Crippen LogP contribution is -2.59. The summed E-state index contributed by atoms with van der Waals surface area (Å²) in [5.74, 6) is 2.09. The maximum atomic E-state index is 14.3. The molecule has 0 saturated heterocycles. The molecule has 3 amide bonds. The second-order valence-corrected chi connectivity index (χ2v) is 11.6. The highest BCUT2D eigenvalue weighted by molar-refractivity contribution is 5.99. The van der Waals surface area contributed by atoms with Crippen LogP contribution in [0.3, 0.4) is 0 Å². The highest BCUT2D eigenvalue weighted by Gasteiger charge is 2.43. The number of ether oxygens (including phenoxy) is 2. The fraction of sp³-hybridized carbons (Fsp3) is 0.452. The van der Waals surface area contributed by atoms with Crippen molar-refractivity contribution in [3.8, 4) is 18.1 Å². The number of rotatable bonds is 8. The number of amides is 3. The van der Waals surface area contributed by atoms with Crippen molar-refractivity contribution in [2.45, 2.75) is 78.6 Å². The number of nitrogens with zero attached hydrogens (tertiary/aromatic N) is 1. The molecule has 0 fully saturated rings. The number of benzene rings is 2. The van der Waals surface area contributed by atoms with Crippen molar-refractivity contribution in [3.05, 3.63) is 59.7 Å². The van der Waals surface area contributed by atoms with Gasteiger partial charge in [0.1, 0.15) is 23.4 Å². The van der Waals surface area contributed by atoms with Crippen molar-refractivity contribution in [2.75, 3.05) is 12.4 Å². The molecule has 39 heavy (non-hydrogen) atoms. The fourth-order valence-electron chi connectivity index (χ4n) is 4.09. The molecule has 2 rings (SSSR count). The van der Waals surface area contributed by atoms with Gasteiger partial charge >= 0.3 is 6.09 Å². The van der Waals surface area contributed by atoms with Crippen LogP contribution in [0, 0.1) is 18.3 Å². The molecule has 0 heterocycles. The Morgan fingerprint density at radius 2 is 1.54 bits per heavy atom. The van der Waals surface area contributed by atoms with Crippen LogP contribution in [0.15, 0.2) is 48.5 Å². The summed E-state index contributed by atoms with van der Waals surface area (Å²) in [6, 6.07) is 11.8. The predicted octanol–water partition coefficient (Wildman–Crippen LogP) is 5.53. The summed E-state index contributed by atoms with van der Waals surface area (Å²) < 4.78 is 10.6. The van der Waals surface area contributed by atoms with Gasteiger partial charge in [0.25, 0.3) is 5.91 Å². The summed E-state index contributed by atoms with van der Waals surface area (Å²) in [6.45, 7) is 14.4. The van der Waals surface area contributed by atoms with E-state index in [1.54, 1.807) is 76.4 Å². The predicted molar refractivity (Wildman–Crippen MR) is 153 cm³/mol. The Balaban J connectivity index is 2.62. The summed E-state index contributed by atoms with van der Waals surface area (Å²) in [6.07, 6.45) is 5.10. The maximum absolute atomic E-state index is 14.3. The fourth-order valence-corrected chi connectivity index (χ4v) is 4.09. The van der Waals surface area contributed by atoms with Crippen molar-refractivity contribution in [3.63, 3.8) is 0 Å². The lowest BCUT2D eigenvalue weighted by molar-refractivity contribution is -0.147. The molecule has 0 spiro atoms. The van der Waals surface area contributed by atoms with Crippen LogP contribution in [0.25, 0.3) is 0 Å². The molecule has 0 saturated carbocycles. The number of terminal acetylenes is 1. The van der Waals surface area contributed by atoms with E-state index < -0.39 is 41.1 Å². The molecular formula is C31H41N3O5. The van der Waals surface area contributed by atoms with Gasteiger partial charge in [-0.05, 0) is 83.4 Å². The molecule has 0 radical (unpaired) electrons. The Kier molecular flexibility index (Phi) is 10.2. The summed E-state index contributed by atoms with van der Waals surface area (Å²) in [5.41, 5.74) is -0.0868. The second-order valence-electron chi connectivity index (χ2n) is 11.6. The minimum atomic E-state index is -1.10. The Labute approximate surface area is 232 Å². The standard InChI is InChI=1S/C31H41N3O5/c1-11-21-14-12-13-15-24(21)26(27(35)32-22-16-18-23(38-10)19-17-22)34(30(4,5)6)28(36)25(20(2)3)33-29(37)39-31(7,8)9/h1,12-20,25-26H,2-10H3,(H,32,35)(H,33,37). The van der Waals surface area contributed by atoms with Crippen molar-refractivity contribution in [1.82, 2.24) is 10.2 Å². The van der Waals surface area contributed by atoms with Gasteiger partial charge in [-0.25, -0.2) is 4.79 Å². The third kappa shape index (κ3) is 8.51. The number of alkyl carbamates (subject to hydrolysis) is 1. The van der Waals surface area contributed by atoms with Gasteiger partial charge in [-0.15, -0.1) is 6.42 Å². The lowest BCUT2D eigenvalue weighted by Gasteiger charge is -2.43. The van der Waals surface area contributed by atoms with Gasteiger partial charge < -0.3 is 25.0 Å². The molecule has 0 bridgehead atoms. The molecule has 0 aromatic heterocycles. The van der Waals surface area contributed by atoms with Crippen LogP contribution < -0.4 is 15.4 Å². The second kappa shape index (κ2) is 12.7. The molecule has 2 aromatic rings. The number of carbonyl (C=O) groups is 3. The normalized spacial score (nSPS) is 13.1. The molecule has 2 aromatic carbocycles. The van der Waals surface area contributed by atoms with Crippen LogP contribution in [0.4, 0.5) is 10.5 Å². The molecular weight excluding hydrogens is 494 g/mol. The lowest BCUT2D eigenvalue weighted by atomic mass is 9.91. The maximum Gasteiger partial charge on any atom is 0.408 e. The Morgan fingerprint density at radius 1 is 0.949 bits per heavy atom. The van der Waals surface area contributed by atoms with Crippen LogP contribution in [0.2, 0.25) is 0 Å².